The van der Waals surface area contributed by atoms with Gasteiger partial charge in [0, 0.05) is 24.7 Å². The van der Waals surface area contributed by atoms with Crippen LogP contribution in [0.25, 0.3) is 10.9 Å². The van der Waals surface area contributed by atoms with Gasteiger partial charge >= 0.3 is 6.03 Å². The largest absolute Gasteiger partial charge is 0.358 e. The minimum atomic E-state index is -0.462. The maximum absolute atomic E-state index is 11.8. The highest BCUT2D eigenvalue weighted by molar-refractivity contribution is 6.04. The lowest BCUT2D eigenvalue weighted by Gasteiger charge is -2.05. The average molecular weight is 243 g/mol. The van der Waals surface area contributed by atoms with Crippen molar-refractivity contribution < 1.29 is 9.59 Å². The van der Waals surface area contributed by atoms with Gasteiger partial charge in [0.25, 0.3) is 5.91 Å². The molecule has 1 aliphatic rings. The normalized spacial score (nSPS) is 19.6. The van der Waals surface area contributed by atoms with Crippen LogP contribution in [0.15, 0.2) is 30.3 Å². The summed E-state index contributed by atoms with van der Waals surface area (Å²) in [5.74, 6) is -0.182. The molecule has 2 N–H and O–H groups in total. The van der Waals surface area contributed by atoms with Crippen LogP contribution in [0.3, 0.4) is 0 Å². The number of hydrogen-bond donors (Lipinski definition) is 2. The number of carbonyl (C=O) groups excluding carboxylic acids is 2. The fourth-order valence-corrected chi connectivity index (χ4v) is 2.24. The number of aromatic amines is 1. The van der Waals surface area contributed by atoms with Crippen LogP contribution in [0.5, 0.6) is 0 Å². The monoisotopic (exact) mass is 243 g/mol. The van der Waals surface area contributed by atoms with Crippen LogP contribution in [-0.4, -0.2) is 34.9 Å². The summed E-state index contributed by atoms with van der Waals surface area (Å²) >= 11 is 0. The summed E-state index contributed by atoms with van der Waals surface area (Å²) in [4.78, 5) is 27.5. The number of hydrogen-bond acceptors (Lipinski definition) is 2. The van der Waals surface area contributed by atoms with Crippen molar-refractivity contribution in [1.82, 2.24) is 15.2 Å². The summed E-state index contributed by atoms with van der Waals surface area (Å²) in [6.07, 6.45) is 0.490. The van der Waals surface area contributed by atoms with Gasteiger partial charge in [-0.2, -0.15) is 0 Å². The first-order chi connectivity index (χ1) is 8.65. The van der Waals surface area contributed by atoms with E-state index < -0.39 is 6.04 Å². The number of nitrogens with zero attached hydrogens (tertiary/aromatic N) is 1. The molecule has 2 aromatic rings. The van der Waals surface area contributed by atoms with Crippen LogP contribution in [0, 0.1) is 0 Å². The summed E-state index contributed by atoms with van der Waals surface area (Å²) in [7, 11) is 1.49. The van der Waals surface area contributed by atoms with Gasteiger partial charge < -0.3 is 10.3 Å². The molecule has 92 valence electrons. The van der Waals surface area contributed by atoms with E-state index in [9.17, 15) is 9.59 Å². The molecule has 1 aliphatic heterocycles. The number of benzene rings is 1. The fourth-order valence-electron chi connectivity index (χ4n) is 2.24. The Labute approximate surface area is 104 Å². The maximum Gasteiger partial charge on any atom is 0.324 e. The summed E-state index contributed by atoms with van der Waals surface area (Å²) < 4.78 is 0. The number of nitrogens with one attached hydrogen (secondary N) is 2. The van der Waals surface area contributed by atoms with Crippen molar-refractivity contribution in [2.75, 3.05) is 7.05 Å². The van der Waals surface area contributed by atoms with Crippen molar-refractivity contribution in [3.63, 3.8) is 0 Å². The first-order valence-corrected chi connectivity index (χ1v) is 5.80. The first-order valence-electron chi connectivity index (χ1n) is 5.80. The smallest absolute Gasteiger partial charge is 0.324 e. The van der Waals surface area contributed by atoms with E-state index in [1.54, 1.807) is 0 Å². The van der Waals surface area contributed by atoms with Crippen molar-refractivity contribution in [3.05, 3.63) is 36.0 Å². The van der Waals surface area contributed by atoms with Gasteiger partial charge in [-0.05, 0) is 17.5 Å². The van der Waals surface area contributed by atoms with Gasteiger partial charge in [0.15, 0.2) is 0 Å². The Kier molecular flexibility index (Phi) is 2.33. The number of amides is 3. The van der Waals surface area contributed by atoms with Crippen molar-refractivity contribution in [3.8, 4) is 0 Å². The van der Waals surface area contributed by atoms with Crippen molar-refractivity contribution >= 4 is 22.8 Å². The van der Waals surface area contributed by atoms with Gasteiger partial charge in [0.2, 0.25) is 0 Å². The molecule has 0 radical (unpaired) electrons. The quantitative estimate of drug-likeness (QED) is 0.780. The number of aromatic nitrogens is 1. The predicted octanol–water partition coefficient (Wildman–Crippen LogP) is 1.26. The Morgan fingerprint density at radius 3 is 2.72 bits per heavy atom. The molecule has 0 unspecified atom stereocenters. The second kappa shape index (κ2) is 3.87. The van der Waals surface area contributed by atoms with Crippen LogP contribution < -0.4 is 5.32 Å². The highest BCUT2D eigenvalue weighted by Crippen LogP contribution is 2.17. The zero-order valence-electron chi connectivity index (χ0n) is 9.93. The van der Waals surface area contributed by atoms with Crippen LogP contribution in [0.1, 0.15) is 5.69 Å². The minimum absolute atomic E-state index is 0.182. The second-order valence-corrected chi connectivity index (χ2v) is 4.49. The molecule has 18 heavy (non-hydrogen) atoms. The molecule has 2 heterocycles. The van der Waals surface area contributed by atoms with Gasteiger partial charge in [-0.25, -0.2) is 4.79 Å². The van der Waals surface area contributed by atoms with Crippen molar-refractivity contribution in [1.29, 1.82) is 0 Å². The molecule has 5 heteroatoms. The Morgan fingerprint density at radius 1 is 1.28 bits per heavy atom. The number of rotatable bonds is 2. The molecule has 0 aliphatic carbocycles. The molecule has 3 rings (SSSR count). The molecule has 3 amide bonds. The summed E-state index contributed by atoms with van der Waals surface area (Å²) in [6, 6.07) is 9.13. The lowest BCUT2D eigenvalue weighted by atomic mass is 10.1. The molecule has 5 nitrogen and oxygen atoms in total. The minimum Gasteiger partial charge on any atom is -0.358 e. The highest BCUT2D eigenvalue weighted by Gasteiger charge is 2.35. The number of urea groups is 1. The van der Waals surface area contributed by atoms with Gasteiger partial charge in [-0.1, -0.05) is 18.2 Å². The Balaban J connectivity index is 1.85. The van der Waals surface area contributed by atoms with E-state index in [0.29, 0.717) is 6.42 Å². The third-order valence-electron chi connectivity index (χ3n) is 3.24. The molecule has 0 saturated carbocycles. The number of likely N-dealkylation sites (N-methyl/N-ethyl adjacent to an activating group) is 1. The van der Waals surface area contributed by atoms with E-state index in [4.69, 9.17) is 0 Å². The van der Waals surface area contributed by atoms with E-state index in [1.807, 2.05) is 30.3 Å². The molecule has 1 atom stereocenters. The highest BCUT2D eigenvalue weighted by atomic mass is 16.2. The molecular formula is C13H13N3O2. The predicted molar refractivity (Wildman–Crippen MR) is 67.1 cm³/mol. The molecule has 0 spiro atoms. The maximum atomic E-state index is 11.8. The molecule has 0 bridgehead atoms. The van der Waals surface area contributed by atoms with Crippen LogP contribution >= 0.6 is 0 Å². The summed E-state index contributed by atoms with van der Waals surface area (Å²) in [5, 5.41) is 3.77. The number of H-pyrrole nitrogens is 1. The zero-order chi connectivity index (χ0) is 12.7. The third kappa shape index (κ3) is 1.64. The fraction of sp³-hybridized carbons (Fsp3) is 0.231. The third-order valence-corrected chi connectivity index (χ3v) is 3.24. The number of imide groups is 1. The van der Waals surface area contributed by atoms with Crippen molar-refractivity contribution in [2.45, 2.75) is 12.5 Å². The molecule has 1 saturated heterocycles. The van der Waals surface area contributed by atoms with E-state index in [0.717, 1.165) is 21.5 Å². The standard InChI is InChI=1S/C13H13N3O2/c1-16-12(17)11(15-13(16)18)7-9-6-8-4-2-3-5-10(8)14-9/h2-6,11,14H,7H2,1H3,(H,15,18)/t11-/m0/s1. The lowest BCUT2D eigenvalue weighted by molar-refractivity contribution is -0.126. The molecule has 1 fully saturated rings. The topological polar surface area (TPSA) is 65.2 Å². The SMILES string of the molecule is CN1C(=O)N[C@@H](Cc2cc3ccccc3[nH]2)C1=O. The lowest BCUT2D eigenvalue weighted by Crippen LogP contribution is -2.31. The van der Waals surface area contributed by atoms with Gasteiger partial charge in [-0.15, -0.1) is 0 Å². The van der Waals surface area contributed by atoms with Crippen LogP contribution in [-0.2, 0) is 11.2 Å². The van der Waals surface area contributed by atoms with Gasteiger partial charge in [-0.3, -0.25) is 9.69 Å². The molecular weight excluding hydrogens is 230 g/mol. The summed E-state index contributed by atoms with van der Waals surface area (Å²) in [5.41, 5.74) is 1.99. The van der Waals surface area contributed by atoms with Crippen LogP contribution in [0.4, 0.5) is 4.79 Å². The average Bonchev–Trinajstić information content (AvgIpc) is 2.87. The van der Waals surface area contributed by atoms with E-state index >= 15 is 0 Å². The van der Waals surface area contributed by atoms with Gasteiger partial charge in [0.05, 0.1) is 0 Å². The zero-order valence-corrected chi connectivity index (χ0v) is 9.93. The van der Waals surface area contributed by atoms with Gasteiger partial charge in [0.1, 0.15) is 6.04 Å². The van der Waals surface area contributed by atoms with E-state index in [2.05, 4.69) is 10.3 Å². The van der Waals surface area contributed by atoms with Crippen molar-refractivity contribution in [2.24, 2.45) is 0 Å². The first kappa shape index (κ1) is 10.8. The summed E-state index contributed by atoms with van der Waals surface area (Å²) in [6.45, 7) is 0. The van der Waals surface area contributed by atoms with Crippen LogP contribution in [0.2, 0.25) is 0 Å². The number of para-hydroxylation sites is 1. The molecule has 1 aromatic heterocycles. The number of carbonyl (C=O) groups is 2. The Bertz CT molecular complexity index is 599. The number of fused-ring (bicyclic) bond motifs is 1. The van der Waals surface area contributed by atoms with E-state index in [-0.39, 0.29) is 11.9 Å². The Morgan fingerprint density at radius 2 is 2.06 bits per heavy atom. The van der Waals surface area contributed by atoms with E-state index in [1.165, 1.54) is 7.05 Å². The molecule has 1 aromatic carbocycles. The second-order valence-electron chi connectivity index (χ2n) is 4.49. The Hall–Kier alpha value is -2.30.